The van der Waals surface area contributed by atoms with Crippen LogP contribution in [0.4, 0.5) is 0 Å². The molecule has 0 heterocycles. The van der Waals surface area contributed by atoms with Crippen molar-refractivity contribution in [2.45, 2.75) is 65.2 Å². The highest BCUT2D eigenvalue weighted by molar-refractivity contribution is 5.97. The lowest BCUT2D eigenvalue weighted by molar-refractivity contribution is -0.151. The third kappa shape index (κ3) is 20.7. The Morgan fingerprint density at radius 1 is 0.473 bits per heavy atom. The van der Waals surface area contributed by atoms with Crippen LogP contribution in [0, 0.1) is 11.8 Å². The van der Waals surface area contributed by atoms with Gasteiger partial charge in [0.1, 0.15) is 66.3 Å². The number of ether oxygens (including phenoxy) is 12. The number of hydrogen-bond donors (Lipinski definition) is 0. The van der Waals surface area contributed by atoms with Crippen LogP contribution >= 0.6 is 0 Å². The van der Waals surface area contributed by atoms with Gasteiger partial charge in [-0.3, -0.25) is 19.2 Å². The maximum absolute atomic E-state index is 13.4. The second kappa shape index (κ2) is 32.2. The molecule has 21 nitrogen and oxygen atoms in total. The summed E-state index contributed by atoms with van der Waals surface area (Å²) in [4.78, 5) is 114. The third-order valence-corrected chi connectivity index (χ3v) is 10.5. The third-order valence-electron chi connectivity index (χ3n) is 10.5. The topological polar surface area (TPSA) is 264 Å². The molecule has 0 amide bonds. The first-order valence-electron chi connectivity index (χ1n) is 23.9. The minimum atomic E-state index is -0.913. The number of esters is 9. The van der Waals surface area contributed by atoms with E-state index >= 15 is 0 Å². The van der Waals surface area contributed by atoms with Crippen molar-refractivity contribution in [2.24, 2.45) is 11.8 Å². The Balaban J connectivity index is 1.34. The number of carbonyl (C=O) groups excluding carboxylic acids is 9. The van der Waals surface area contributed by atoms with Gasteiger partial charge in [-0.2, -0.15) is 0 Å². The fourth-order valence-electron chi connectivity index (χ4n) is 6.72. The molecule has 74 heavy (non-hydrogen) atoms. The summed E-state index contributed by atoms with van der Waals surface area (Å²) in [6.45, 7) is 11.0. The molecule has 3 aromatic rings. The number of hydrogen-bond acceptors (Lipinski definition) is 21. The first-order chi connectivity index (χ1) is 35.7. The molecule has 0 bridgehead atoms. The highest BCUT2D eigenvalue weighted by Gasteiger charge is 2.33. The number of benzene rings is 3. The van der Waals surface area contributed by atoms with Crippen molar-refractivity contribution >= 4 is 53.7 Å². The molecule has 0 N–H and O–H groups in total. The quantitative estimate of drug-likeness (QED) is 0.0220. The molecule has 4 rings (SSSR count). The average molecular weight is 1030 g/mol. The lowest BCUT2D eigenvalue weighted by atomic mass is 9.82. The van der Waals surface area contributed by atoms with Gasteiger partial charge in [-0.25, -0.2) is 24.0 Å². The minimum absolute atomic E-state index is 0.0296. The molecule has 0 spiro atoms. The van der Waals surface area contributed by atoms with Crippen LogP contribution in [0.3, 0.4) is 0 Å². The molecule has 1 saturated carbocycles. The molecule has 1 aliphatic carbocycles. The summed E-state index contributed by atoms with van der Waals surface area (Å²) in [7, 11) is 0. The van der Waals surface area contributed by atoms with E-state index in [0.717, 1.165) is 12.2 Å². The second-order valence-electron chi connectivity index (χ2n) is 15.8. The number of rotatable bonds is 31. The molecule has 21 heteroatoms. The van der Waals surface area contributed by atoms with Gasteiger partial charge >= 0.3 is 53.7 Å². The van der Waals surface area contributed by atoms with Crippen LogP contribution in [0.25, 0.3) is 0 Å². The smallest absolute Gasteiger partial charge is 0.343 e. The Morgan fingerprint density at radius 2 is 0.919 bits per heavy atom. The van der Waals surface area contributed by atoms with Gasteiger partial charge in [0.15, 0.2) is 0 Å². The van der Waals surface area contributed by atoms with Crippen LogP contribution < -0.4 is 23.7 Å². The lowest BCUT2D eigenvalue weighted by Crippen LogP contribution is -2.30. The van der Waals surface area contributed by atoms with E-state index in [9.17, 15) is 43.2 Å². The van der Waals surface area contributed by atoms with Gasteiger partial charge < -0.3 is 56.8 Å². The molecule has 0 aliphatic heterocycles. The highest BCUT2D eigenvalue weighted by Crippen LogP contribution is 2.34. The number of carbonyl (C=O) groups is 9. The van der Waals surface area contributed by atoms with Gasteiger partial charge in [-0.15, -0.1) is 0 Å². The first-order valence-corrected chi connectivity index (χ1v) is 23.9. The van der Waals surface area contributed by atoms with E-state index in [-0.39, 0.29) is 118 Å². The van der Waals surface area contributed by atoms with Crippen molar-refractivity contribution in [3.05, 3.63) is 103 Å². The predicted octanol–water partition coefficient (Wildman–Crippen LogP) is 6.46. The van der Waals surface area contributed by atoms with Gasteiger partial charge in [-0.05, 0) is 113 Å². The molecular weight excluding hydrogens is 973 g/mol. The average Bonchev–Trinajstić information content (AvgIpc) is 3.41. The van der Waals surface area contributed by atoms with Gasteiger partial charge in [0.2, 0.25) is 0 Å². The molecule has 398 valence electrons. The molecule has 0 saturated heterocycles. The molecule has 1 fully saturated rings. The van der Waals surface area contributed by atoms with E-state index in [1.165, 1.54) is 48.5 Å². The molecular formula is C53H60O21. The van der Waals surface area contributed by atoms with Gasteiger partial charge in [-0.1, -0.05) is 13.2 Å². The van der Waals surface area contributed by atoms with Crippen molar-refractivity contribution < 1.29 is 100.0 Å². The summed E-state index contributed by atoms with van der Waals surface area (Å²) in [5, 5.41) is 0. The maximum atomic E-state index is 13.4. The summed E-state index contributed by atoms with van der Waals surface area (Å²) in [5.74, 6) is -7.97. The fraction of sp³-hybridized carbons (Fsp3) is 0.415. The van der Waals surface area contributed by atoms with Crippen LogP contribution in [-0.4, -0.2) is 120 Å². The summed E-state index contributed by atoms with van der Waals surface area (Å²) in [6.07, 6.45) is 3.36. The second-order valence-corrected chi connectivity index (χ2v) is 15.8. The van der Waals surface area contributed by atoms with Crippen molar-refractivity contribution in [1.82, 2.24) is 0 Å². The van der Waals surface area contributed by atoms with Gasteiger partial charge in [0, 0.05) is 25.4 Å². The van der Waals surface area contributed by atoms with Gasteiger partial charge in [0.05, 0.1) is 56.7 Å². The van der Waals surface area contributed by atoms with Crippen LogP contribution in [0.2, 0.25) is 0 Å². The van der Waals surface area contributed by atoms with Crippen LogP contribution in [0.1, 0.15) is 96.3 Å². The standard InChI is InChI=1S/C53H60O21/c1-5-45(54)66-26-10-9-25-65-38-17-15-37(16-18-38)51(60)74-44-22-20-40(34-42(44)53(62)70-30-28-64-8-4)72-50(59)36-13-11-35(12-14-36)49(58)71-39-19-21-43(41(33-39)52(61)69-29-27-63-7-3)73-48(57)24-23-47(56)68-32-31-67-46(55)6-2/h5-6,15-22,33-36H,1-2,7-14,23-32H2,3-4H3. The largest absolute Gasteiger partial charge is 0.494 e. The van der Waals surface area contributed by atoms with E-state index in [4.69, 9.17) is 56.8 Å². The Kier molecular flexibility index (Phi) is 25.5. The maximum Gasteiger partial charge on any atom is 0.343 e. The minimum Gasteiger partial charge on any atom is -0.494 e. The van der Waals surface area contributed by atoms with Crippen molar-refractivity contribution in [3.8, 4) is 28.7 Å². The summed E-state index contributed by atoms with van der Waals surface area (Å²) in [6, 6.07) is 13.7. The Morgan fingerprint density at radius 3 is 1.43 bits per heavy atom. The summed E-state index contributed by atoms with van der Waals surface area (Å²) >= 11 is 0. The zero-order valence-electron chi connectivity index (χ0n) is 41.3. The van der Waals surface area contributed by atoms with Gasteiger partial charge in [0.25, 0.3) is 0 Å². The SMILES string of the molecule is C=CC(=O)OCCCCOc1ccc(C(=O)Oc2ccc(OC(=O)C3CCC(C(=O)Oc4ccc(OC(=O)CCC(=O)OCCOC(=O)C=C)c(C(=O)OCCOCC)c4)CC3)cc2C(=O)OCCOCC)cc1. The van der Waals surface area contributed by atoms with E-state index in [1.54, 1.807) is 26.0 Å². The predicted molar refractivity (Wildman–Crippen MR) is 257 cm³/mol. The lowest BCUT2D eigenvalue weighted by Gasteiger charge is -2.26. The zero-order chi connectivity index (χ0) is 53.7. The van der Waals surface area contributed by atoms with Crippen molar-refractivity contribution in [2.75, 3.05) is 66.1 Å². The summed E-state index contributed by atoms with van der Waals surface area (Å²) < 4.78 is 63.7. The monoisotopic (exact) mass is 1030 g/mol. The van der Waals surface area contributed by atoms with Crippen molar-refractivity contribution in [3.63, 3.8) is 0 Å². The number of unbranched alkanes of at least 4 members (excludes halogenated alkanes) is 1. The summed E-state index contributed by atoms with van der Waals surface area (Å²) in [5.41, 5.74) is -0.299. The normalized spacial score (nSPS) is 13.7. The Hall–Kier alpha value is -7.91. The van der Waals surface area contributed by atoms with Crippen LogP contribution in [-0.2, 0) is 61.9 Å². The molecule has 0 unspecified atom stereocenters. The zero-order valence-corrected chi connectivity index (χ0v) is 41.3. The van der Waals surface area contributed by atoms with E-state index < -0.39 is 72.0 Å². The van der Waals surface area contributed by atoms with Crippen LogP contribution in [0.5, 0.6) is 28.7 Å². The van der Waals surface area contributed by atoms with E-state index in [1.807, 2.05) is 0 Å². The van der Waals surface area contributed by atoms with Crippen molar-refractivity contribution in [1.29, 1.82) is 0 Å². The molecule has 0 radical (unpaired) electrons. The van der Waals surface area contributed by atoms with Crippen LogP contribution in [0.15, 0.2) is 86.0 Å². The Bertz CT molecular complexity index is 2420. The molecule has 0 aromatic heterocycles. The molecule has 0 atom stereocenters. The van der Waals surface area contributed by atoms with E-state index in [2.05, 4.69) is 13.2 Å². The first kappa shape index (κ1) is 58.7. The highest BCUT2D eigenvalue weighted by atomic mass is 16.6. The molecule has 1 aliphatic rings. The Labute approximate surface area is 427 Å². The van der Waals surface area contributed by atoms with E-state index in [0.29, 0.717) is 38.4 Å². The molecule has 3 aromatic carbocycles. The fourth-order valence-corrected chi connectivity index (χ4v) is 6.72.